The molecule has 0 aliphatic carbocycles. The van der Waals surface area contributed by atoms with E-state index in [2.05, 4.69) is 15.0 Å². The summed E-state index contributed by atoms with van der Waals surface area (Å²) in [5.41, 5.74) is 0.725. The van der Waals surface area contributed by atoms with E-state index in [1.54, 1.807) is 19.3 Å². The Labute approximate surface area is 63.8 Å². The Morgan fingerprint density at radius 3 is 3.00 bits per heavy atom. The van der Waals surface area contributed by atoms with Crippen molar-refractivity contribution in [3.8, 4) is 0 Å². The highest BCUT2D eigenvalue weighted by atomic mass is 35.5. The number of hydrogen-bond donors (Lipinski definition) is 0. The van der Waals surface area contributed by atoms with Crippen LogP contribution in [0.4, 0.5) is 0 Å². The Morgan fingerprint density at radius 1 is 1.60 bits per heavy atom. The third-order valence-electron chi connectivity index (χ3n) is 0.916. The van der Waals surface area contributed by atoms with Crippen LogP contribution in [-0.4, -0.2) is 23.2 Å². The van der Waals surface area contributed by atoms with Gasteiger partial charge in [-0.15, -0.1) is 0 Å². The van der Waals surface area contributed by atoms with Crippen LogP contribution in [0.1, 0.15) is 5.69 Å². The van der Waals surface area contributed by atoms with Crippen molar-refractivity contribution in [2.45, 2.75) is 0 Å². The van der Waals surface area contributed by atoms with Crippen LogP contribution in [0.3, 0.4) is 0 Å². The van der Waals surface area contributed by atoms with Gasteiger partial charge in [-0.2, -0.15) is 0 Å². The van der Waals surface area contributed by atoms with Crippen molar-refractivity contribution >= 4 is 17.8 Å². The van der Waals surface area contributed by atoms with Gasteiger partial charge in [-0.05, 0) is 0 Å². The standard InChI is InChI=1S/C6H6ClN3/c1-8-3-5-2-6(7)10-4-9-5/h2-4H,1H3. The first kappa shape index (κ1) is 7.15. The predicted molar refractivity (Wildman–Crippen MR) is 40.6 cm³/mol. The first-order chi connectivity index (χ1) is 4.83. The Hall–Kier alpha value is -0.960. The summed E-state index contributed by atoms with van der Waals surface area (Å²) in [4.78, 5) is 11.4. The molecule has 1 aromatic rings. The Kier molecular flexibility index (Phi) is 2.34. The van der Waals surface area contributed by atoms with E-state index in [-0.39, 0.29) is 0 Å². The summed E-state index contributed by atoms with van der Waals surface area (Å²) in [6.07, 6.45) is 3.02. The maximum absolute atomic E-state index is 5.57. The van der Waals surface area contributed by atoms with Crippen LogP contribution in [0.5, 0.6) is 0 Å². The van der Waals surface area contributed by atoms with Crippen LogP contribution in [0.2, 0.25) is 5.15 Å². The molecule has 0 radical (unpaired) electrons. The second kappa shape index (κ2) is 3.27. The molecule has 0 atom stereocenters. The van der Waals surface area contributed by atoms with Crippen LogP contribution >= 0.6 is 11.6 Å². The summed E-state index contributed by atoms with van der Waals surface area (Å²) in [7, 11) is 1.68. The molecule has 0 fully saturated rings. The minimum absolute atomic E-state index is 0.435. The summed E-state index contributed by atoms with van der Waals surface area (Å²) < 4.78 is 0. The molecule has 10 heavy (non-hydrogen) atoms. The van der Waals surface area contributed by atoms with Gasteiger partial charge in [0, 0.05) is 19.3 Å². The number of aromatic nitrogens is 2. The Morgan fingerprint density at radius 2 is 2.40 bits per heavy atom. The molecule has 1 heterocycles. The molecule has 1 aromatic heterocycles. The van der Waals surface area contributed by atoms with Crippen molar-refractivity contribution in [3.05, 3.63) is 23.2 Å². The number of halogens is 1. The molecule has 0 saturated carbocycles. The lowest BCUT2D eigenvalue weighted by molar-refractivity contribution is 1.15. The molecule has 0 spiro atoms. The summed E-state index contributed by atoms with van der Waals surface area (Å²) in [5.74, 6) is 0. The number of rotatable bonds is 1. The molecule has 0 aromatic carbocycles. The average molecular weight is 156 g/mol. The van der Waals surface area contributed by atoms with Gasteiger partial charge in [0.15, 0.2) is 0 Å². The molecule has 0 aliphatic heterocycles. The van der Waals surface area contributed by atoms with E-state index < -0.39 is 0 Å². The quantitative estimate of drug-likeness (QED) is 0.451. The highest BCUT2D eigenvalue weighted by Crippen LogP contribution is 2.01. The van der Waals surface area contributed by atoms with Crippen LogP contribution < -0.4 is 0 Å². The maximum Gasteiger partial charge on any atom is 0.133 e. The normalized spacial score (nSPS) is 10.6. The van der Waals surface area contributed by atoms with E-state index in [9.17, 15) is 0 Å². The lowest BCUT2D eigenvalue weighted by atomic mass is 10.4. The molecule has 3 nitrogen and oxygen atoms in total. The van der Waals surface area contributed by atoms with Crippen LogP contribution in [-0.2, 0) is 0 Å². The predicted octanol–water partition coefficient (Wildman–Crippen LogP) is 1.18. The van der Waals surface area contributed by atoms with Gasteiger partial charge in [0.25, 0.3) is 0 Å². The van der Waals surface area contributed by atoms with Gasteiger partial charge in [0.2, 0.25) is 0 Å². The fourth-order valence-electron chi connectivity index (χ4n) is 0.550. The van der Waals surface area contributed by atoms with E-state index in [1.165, 1.54) is 6.33 Å². The van der Waals surface area contributed by atoms with E-state index >= 15 is 0 Å². The average Bonchev–Trinajstić information content (AvgIpc) is 1.88. The zero-order valence-corrected chi connectivity index (χ0v) is 6.21. The summed E-state index contributed by atoms with van der Waals surface area (Å²) in [5, 5.41) is 0.435. The summed E-state index contributed by atoms with van der Waals surface area (Å²) in [6.45, 7) is 0. The summed E-state index contributed by atoms with van der Waals surface area (Å²) in [6, 6.07) is 1.65. The van der Waals surface area contributed by atoms with Crippen molar-refractivity contribution in [3.63, 3.8) is 0 Å². The van der Waals surface area contributed by atoms with Gasteiger partial charge in [-0.3, -0.25) is 4.99 Å². The van der Waals surface area contributed by atoms with Crippen LogP contribution in [0, 0.1) is 0 Å². The zero-order chi connectivity index (χ0) is 7.40. The molecular formula is C6H6ClN3. The molecule has 0 unspecified atom stereocenters. The van der Waals surface area contributed by atoms with Gasteiger partial charge in [0.05, 0.1) is 5.69 Å². The molecule has 0 amide bonds. The molecule has 0 N–H and O–H groups in total. The molecule has 0 bridgehead atoms. The number of aliphatic imine (C=N–C) groups is 1. The molecule has 0 aliphatic rings. The summed E-state index contributed by atoms with van der Waals surface area (Å²) >= 11 is 5.57. The second-order valence-electron chi connectivity index (χ2n) is 1.65. The highest BCUT2D eigenvalue weighted by molar-refractivity contribution is 6.29. The third-order valence-corrected chi connectivity index (χ3v) is 1.12. The first-order valence-electron chi connectivity index (χ1n) is 2.72. The topological polar surface area (TPSA) is 38.1 Å². The van der Waals surface area contributed by atoms with Gasteiger partial charge < -0.3 is 0 Å². The maximum atomic E-state index is 5.57. The molecular weight excluding hydrogens is 150 g/mol. The van der Waals surface area contributed by atoms with Crippen molar-refractivity contribution < 1.29 is 0 Å². The number of hydrogen-bond acceptors (Lipinski definition) is 3. The third kappa shape index (κ3) is 1.77. The van der Waals surface area contributed by atoms with E-state index in [0.29, 0.717) is 5.15 Å². The minimum Gasteiger partial charge on any atom is -0.294 e. The fourth-order valence-corrected chi connectivity index (χ4v) is 0.706. The van der Waals surface area contributed by atoms with Crippen LogP contribution in [0.25, 0.3) is 0 Å². The number of nitrogens with zero attached hydrogens (tertiary/aromatic N) is 3. The Bertz CT molecular complexity index is 247. The molecule has 52 valence electrons. The van der Waals surface area contributed by atoms with Crippen molar-refractivity contribution in [2.24, 2.45) is 4.99 Å². The van der Waals surface area contributed by atoms with Crippen LogP contribution in [0.15, 0.2) is 17.4 Å². The van der Waals surface area contributed by atoms with E-state index in [1.807, 2.05) is 0 Å². The SMILES string of the molecule is CN=Cc1cc(Cl)ncn1. The fraction of sp³-hybridized carbons (Fsp3) is 0.167. The van der Waals surface area contributed by atoms with Gasteiger partial charge in [0.1, 0.15) is 11.5 Å². The van der Waals surface area contributed by atoms with Gasteiger partial charge in [-0.1, -0.05) is 11.6 Å². The van der Waals surface area contributed by atoms with Gasteiger partial charge >= 0.3 is 0 Å². The Balaban J connectivity index is 2.95. The van der Waals surface area contributed by atoms with E-state index in [4.69, 9.17) is 11.6 Å². The highest BCUT2D eigenvalue weighted by Gasteiger charge is 1.89. The smallest absolute Gasteiger partial charge is 0.133 e. The van der Waals surface area contributed by atoms with Crippen molar-refractivity contribution in [1.29, 1.82) is 0 Å². The van der Waals surface area contributed by atoms with Crippen molar-refractivity contribution in [1.82, 2.24) is 9.97 Å². The minimum atomic E-state index is 0.435. The zero-order valence-electron chi connectivity index (χ0n) is 5.45. The first-order valence-corrected chi connectivity index (χ1v) is 3.10. The molecule has 4 heteroatoms. The van der Waals surface area contributed by atoms with Gasteiger partial charge in [-0.25, -0.2) is 9.97 Å². The monoisotopic (exact) mass is 155 g/mol. The second-order valence-corrected chi connectivity index (χ2v) is 2.04. The van der Waals surface area contributed by atoms with E-state index in [0.717, 1.165) is 5.69 Å². The molecule has 1 rings (SSSR count). The van der Waals surface area contributed by atoms with Crippen molar-refractivity contribution in [2.75, 3.05) is 7.05 Å². The molecule has 0 saturated heterocycles. The lowest BCUT2D eigenvalue weighted by Gasteiger charge is -1.89. The largest absolute Gasteiger partial charge is 0.294 e. The lowest BCUT2D eigenvalue weighted by Crippen LogP contribution is -1.87.